The van der Waals surface area contributed by atoms with Crippen molar-refractivity contribution in [2.45, 2.75) is 19.4 Å². The lowest BCUT2D eigenvalue weighted by molar-refractivity contribution is 0.337. The minimum atomic E-state index is 0.160. The summed E-state index contributed by atoms with van der Waals surface area (Å²) in [6.07, 6.45) is 3.17. The predicted molar refractivity (Wildman–Crippen MR) is 78.6 cm³/mol. The van der Waals surface area contributed by atoms with Crippen molar-refractivity contribution in [1.82, 2.24) is 4.90 Å². The summed E-state index contributed by atoms with van der Waals surface area (Å²) in [4.78, 5) is 2.36. The van der Waals surface area contributed by atoms with Crippen LogP contribution in [0.1, 0.15) is 23.6 Å². The van der Waals surface area contributed by atoms with E-state index in [-0.39, 0.29) is 6.04 Å². The summed E-state index contributed by atoms with van der Waals surface area (Å²) in [5, 5.41) is 0. The lowest BCUT2D eigenvalue weighted by atomic mass is 9.99. The van der Waals surface area contributed by atoms with Gasteiger partial charge >= 0.3 is 0 Å². The van der Waals surface area contributed by atoms with Crippen LogP contribution in [0.15, 0.2) is 24.3 Å². The van der Waals surface area contributed by atoms with Crippen LogP contribution in [0.2, 0.25) is 0 Å². The Kier molecular flexibility index (Phi) is 6.63. The van der Waals surface area contributed by atoms with Crippen molar-refractivity contribution in [2.75, 3.05) is 32.1 Å². The van der Waals surface area contributed by atoms with Crippen LogP contribution in [0.25, 0.3) is 0 Å². The van der Waals surface area contributed by atoms with Crippen LogP contribution >= 0.6 is 11.8 Å². The highest BCUT2D eigenvalue weighted by Crippen LogP contribution is 2.18. The standard InChI is InChI=1S/C14H24N2S/c1-12-6-4-5-7-13(12)14(15)8-9-16(2)10-11-17-3/h4-7,14H,8-11,15H2,1-3H3. The predicted octanol–water partition coefficient (Wildman–Crippen LogP) is 2.68. The third-order valence-electron chi connectivity index (χ3n) is 3.09. The zero-order chi connectivity index (χ0) is 12.7. The van der Waals surface area contributed by atoms with E-state index in [1.165, 1.54) is 16.9 Å². The highest BCUT2D eigenvalue weighted by molar-refractivity contribution is 7.98. The second kappa shape index (κ2) is 7.75. The Morgan fingerprint density at radius 2 is 2.00 bits per heavy atom. The van der Waals surface area contributed by atoms with Crippen LogP contribution < -0.4 is 5.73 Å². The number of benzene rings is 1. The molecule has 0 saturated heterocycles. The van der Waals surface area contributed by atoms with E-state index in [2.05, 4.69) is 49.4 Å². The molecule has 1 unspecified atom stereocenters. The zero-order valence-electron chi connectivity index (χ0n) is 11.1. The number of hydrogen-bond acceptors (Lipinski definition) is 3. The Balaban J connectivity index is 2.39. The third kappa shape index (κ3) is 5.11. The van der Waals surface area contributed by atoms with Crippen LogP contribution in [0.3, 0.4) is 0 Å². The maximum absolute atomic E-state index is 6.24. The molecule has 0 spiro atoms. The summed E-state index contributed by atoms with van der Waals surface area (Å²) >= 11 is 1.89. The number of thioether (sulfide) groups is 1. The molecule has 96 valence electrons. The van der Waals surface area contributed by atoms with E-state index in [1.807, 2.05) is 11.8 Å². The van der Waals surface area contributed by atoms with Crippen molar-refractivity contribution in [3.05, 3.63) is 35.4 Å². The van der Waals surface area contributed by atoms with Crippen LogP contribution in [0.5, 0.6) is 0 Å². The molecule has 1 aromatic rings. The Hall–Kier alpha value is -0.510. The zero-order valence-corrected chi connectivity index (χ0v) is 12.0. The molecule has 1 rings (SSSR count). The van der Waals surface area contributed by atoms with Gasteiger partial charge in [0, 0.05) is 18.3 Å². The van der Waals surface area contributed by atoms with Gasteiger partial charge in [0.2, 0.25) is 0 Å². The van der Waals surface area contributed by atoms with E-state index < -0.39 is 0 Å². The number of aryl methyl sites for hydroxylation is 1. The molecule has 0 radical (unpaired) electrons. The van der Waals surface area contributed by atoms with E-state index in [4.69, 9.17) is 5.73 Å². The van der Waals surface area contributed by atoms with Crippen LogP contribution in [-0.2, 0) is 0 Å². The molecule has 0 aliphatic carbocycles. The number of nitrogens with zero attached hydrogens (tertiary/aromatic N) is 1. The van der Waals surface area contributed by atoms with E-state index in [0.717, 1.165) is 19.5 Å². The molecular weight excluding hydrogens is 228 g/mol. The molecule has 0 amide bonds. The van der Waals surface area contributed by atoms with Gasteiger partial charge < -0.3 is 10.6 Å². The minimum Gasteiger partial charge on any atom is -0.324 e. The molecule has 2 N–H and O–H groups in total. The average molecular weight is 252 g/mol. The Morgan fingerprint density at radius 3 is 2.65 bits per heavy atom. The number of hydrogen-bond donors (Lipinski definition) is 1. The monoisotopic (exact) mass is 252 g/mol. The molecule has 1 atom stereocenters. The maximum Gasteiger partial charge on any atom is 0.0309 e. The first-order valence-corrected chi connectivity index (χ1v) is 7.53. The van der Waals surface area contributed by atoms with Crippen molar-refractivity contribution in [3.63, 3.8) is 0 Å². The second-order valence-electron chi connectivity index (χ2n) is 4.55. The molecule has 2 nitrogen and oxygen atoms in total. The Bertz CT molecular complexity index is 328. The number of rotatable bonds is 7. The largest absolute Gasteiger partial charge is 0.324 e. The molecule has 0 aromatic heterocycles. The van der Waals surface area contributed by atoms with E-state index in [1.54, 1.807) is 0 Å². The fourth-order valence-corrected chi connectivity index (χ4v) is 2.37. The van der Waals surface area contributed by atoms with Gasteiger partial charge in [-0.25, -0.2) is 0 Å². The molecule has 17 heavy (non-hydrogen) atoms. The van der Waals surface area contributed by atoms with Gasteiger partial charge in [-0.2, -0.15) is 11.8 Å². The average Bonchev–Trinajstić information content (AvgIpc) is 2.34. The highest BCUT2D eigenvalue weighted by Gasteiger charge is 2.09. The Morgan fingerprint density at radius 1 is 1.29 bits per heavy atom. The van der Waals surface area contributed by atoms with Crippen LogP contribution in [0.4, 0.5) is 0 Å². The molecule has 0 bridgehead atoms. The molecule has 1 aromatic carbocycles. The van der Waals surface area contributed by atoms with Gasteiger partial charge in [-0.3, -0.25) is 0 Å². The van der Waals surface area contributed by atoms with E-state index in [9.17, 15) is 0 Å². The van der Waals surface area contributed by atoms with Crippen molar-refractivity contribution < 1.29 is 0 Å². The molecule has 0 aliphatic rings. The first kappa shape index (κ1) is 14.6. The first-order valence-electron chi connectivity index (χ1n) is 6.13. The van der Waals surface area contributed by atoms with Crippen LogP contribution in [-0.4, -0.2) is 37.0 Å². The lowest BCUT2D eigenvalue weighted by Gasteiger charge is -2.20. The van der Waals surface area contributed by atoms with E-state index in [0.29, 0.717) is 0 Å². The molecular formula is C14H24N2S. The van der Waals surface area contributed by atoms with E-state index >= 15 is 0 Å². The summed E-state index contributed by atoms with van der Waals surface area (Å²) < 4.78 is 0. The first-order chi connectivity index (χ1) is 8.15. The normalized spacial score (nSPS) is 13.0. The Labute approximate surface area is 110 Å². The van der Waals surface area contributed by atoms with Crippen molar-refractivity contribution in [2.24, 2.45) is 5.73 Å². The van der Waals surface area contributed by atoms with Gasteiger partial charge in [0.1, 0.15) is 0 Å². The van der Waals surface area contributed by atoms with Gasteiger partial charge in [0.25, 0.3) is 0 Å². The van der Waals surface area contributed by atoms with Gasteiger partial charge in [-0.05, 0) is 44.3 Å². The smallest absolute Gasteiger partial charge is 0.0309 e. The molecule has 0 aliphatic heterocycles. The maximum atomic E-state index is 6.24. The summed E-state index contributed by atoms with van der Waals surface area (Å²) in [6.45, 7) is 4.34. The van der Waals surface area contributed by atoms with Crippen molar-refractivity contribution in [1.29, 1.82) is 0 Å². The summed E-state index contributed by atoms with van der Waals surface area (Å²) in [5.41, 5.74) is 8.82. The van der Waals surface area contributed by atoms with Gasteiger partial charge in [-0.1, -0.05) is 24.3 Å². The molecule has 3 heteroatoms. The van der Waals surface area contributed by atoms with Gasteiger partial charge in [-0.15, -0.1) is 0 Å². The summed E-state index contributed by atoms with van der Waals surface area (Å²) in [6, 6.07) is 8.57. The second-order valence-corrected chi connectivity index (χ2v) is 5.53. The molecule has 0 heterocycles. The third-order valence-corrected chi connectivity index (χ3v) is 3.68. The number of nitrogens with two attached hydrogens (primary N) is 1. The van der Waals surface area contributed by atoms with Gasteiger partial charge in [0.15, 0.2) is 0 Å². The highest BCUT2D eigenvalue weighted by atomic mass is 32.2. The lowest BCUT2D eigenvalue weighted by Crippen LogP contribution is -2.26. The van der Waals surface area contributed by atoms with Crippen molar-refractivity contribution >= 4 is 11.8 Å². The topological polar surface area (TPSA) is 29.3 Å². The molecule has 0 fully saturated rings. The summed E-state index contributed by atoms with van der Waals surface area (Å²) in [7, 11) is 2.17. The van der Waals surface area contributed by atoms with Crippen molar-refractivity contribution in [3.8, 4) is 0 Å². The SMILES string of the molecule is CSCCN(C)CCC(N)c1ccccc1C. The fraction of sp³-hybridized carbons (Fsp3) is 0.571. The van der Waals surface area contributed by atoms with Gasteiger partial charge in [0.05, 0.1) is 0 Å². The minimum absolute atomic E-state index is 0.160. The molecule has 0 saturated carbocycles. The fourth-order valence-electron chi connectivity index (χ4n) is 1.88. The summed E-state index contributed by atoms with van der Waals surface area (Å²) in [5.74, 6) is 1.19. The quantitative estimate of drug-likeness (QED) is 0.809. The van der Waals surface area contributed by atoms with Crippen LogP contribution in [0, 0.1) is 6.92 Å².